The Morgan fingerprint density at radius 3 is 2.59 bits per heavy atom. The summed E-state index contributed by atoms with van der Waals surface area (Å²) in [5, 5.41) is 3.12. The van der Waals surface area contributed by atoms with E-state index in [0.717, 1.165) is 38.8 Å². The van der Waals surface area contributed by atoms with E-state index in [2.05, 4.69) is 34.5 Å². The molecule has 4 nitrogen and oxygen atoms in total. The fourth-order valence-electron chi connectivity index (χ4n) is 3.80. The van der Waals surface area contributed by atoms with E-state index >= 15 is 0 Å². The Labute approximate surface area is 132 Å². The lowest BCUT2D eigenvalue weighted by atomic mass is 10.0. The number of amides is 1. The van der Waals surface area contributed by atoms with Crippen molar-refractivity contribution in [1.29, 1.82) is 0 Å². The summed E-state index contributed by atoms with van der Waals surface area (Å²) < 4.78 is 5.36. The predicted molar refractivity (Wildman–Crippen MR) is 86.8 cm³/mol. The van der Waals surface area contributed by atoms with E-state index in [1.807, 2.05) is 7.05 Å². The Hall–Kier alpha value is -1.39. The van der Waals surface area contributed by atoms with E-state index in [-0.39, 0.29) is 18.1 Å². The quantitative estimate of drug-likeness (QED) is 0.899. The lowest BCUT2D eigenvalue weighted by Gasteiger charge is -2.18. The number of hydrogen-bond acceptors (Lipinski definition) is 3. The maximum atomic E-state index is 12.3. The second-order valence-corrected chi connectivity index (χ2v) is 6.67. The van der Waals surface area contributed by atoms with Gasteiger partial charge < -0.3 is 10.1 Å². The number of nitrogens with zero attached hydrogens (tertiary/aromatic N) is 1. The molecular formula is C18H26N2O2. The van der Waals surface area contributed by atoms with Crippen LogP contribution in [0.2, 0.25) is 0 Å². The van der Waals surface area contributed by atoms with Gasteiger partial charge in [0, 0.05) is 20.2 Å². The van der Waals surface area contributed by atoms with Gasteiger partial charge in [0.25, 0.3) is 0 Å². The highest BCUT2D eigenvalue weighted by Gasteiger charge is 2.34. The molecule has 1 heterocycles. The first kappa shape index (κ1) is 15.5. The van der Waals surface area contributed by atoms with Gasteiger partial charge in [-0.15, -0.1) is 0 Å². The fraction of sp³-hybridized carbons (Fsp3) is 0.611. The maximum absolute atomic E-state index is 12.3. The molecule has 1 N–H and O–H groups in total. The molecule has 1 aromatic rings. The summed E-state index contributed by atoms with van der Waals surface area (Å²) in [6.45, 7) is 1.62. The van der Waals surface area contributed by atoms with Gasteiger partial charge in [-0.05, 0) is 49.8 Å². The first-order chi connectivity index (χ1) is 10.7. The number of fused-ring (bicyclic) bond motifs is 1. The minimum Gasteiger partial charge on any atom is -0.380 e. The Balaban J connectivity index is 1.42. The molecule has 1 aromatic carbocycles. The minimum absolute atomic E-state index is 0.0364. The van der Waals surface area contributed by atoms with E-state index in [0.29, 0.717) is 5.92 Å². The van der Waals surface area contributed by atoms with Crippen molar-refractivity contribution in [3.63, 3.8) is 0 Å². The van der Waals surface area contributed by atoms with E-state index in [4.69, 9.17) is 4.74 Å². The van der Waals surface area contributed by atoms with Crippen molar-refractivity contribution >= 4 is 5.91 Å². The summed E-state index contributed by atoms with van der Waals surface area (Å²) >= 11 is 0. The van der Waals surface area contributed by atoms with Gasteiger partial charge in [0.1, 0.15) is 0 Å². The van der Waals surface area contributed by atoms with Crippen LogP contribution in [-0.2, 0) is 22.4 Å². The summed E-state index contributed by atoms with van der Waals surface area (Å²) in [7, 11) is 3.72. The lowest BCUT2D eigenvalue weighted by Crippen LogP contribution is -2.42. The van der Waals surface area contributed by atoms with Crippen LogP contribution in [0, 0.1) is 5.92 Å². The first-order valence-electron chi connectivity index (χ1n) is 8.25. The molecule has 0 saturated carbocycles. The Morgan fingerprint density at radius 2 is 2.00 bits per heavy atom. The van der Waals surface area contributed by atoms with Gasteiger partial charge in [-0.3, -0.25) is 9.69 Å². The van der Waals surface area contributed by atoms with Crippen LogP contribution >= 0.6 is 0 Å². The van der Waals surface area contributed by atoms with Gasteiger partial charge >= 0.3 is 0 Å². The molecule has 0 unspecified atom stereocenters. The number of nitrogens with one attached hydrogen (secondary N) is 1. The molecular weight excluding hydrogens is 276 g/mol. The predicted octanol–water partition coefficient (Wildman–Crippen LogP) is 1.63. The molecule has 22 heavy (non-hydrogen) atoms. The number of ether oxygens (including phenoxy) is 1. The van der Waals surface area contributed by atoms with Gasteiger partial charge in [0.2, 0.25) is 5.91 Å². The highest BCUT2D eigenvalue weighted by molar-refractivity contribution is 5.82. The number of hydrogen-bond donors (Lipinski definition) is 1. The van der Waals surface area contributed by atoms with E-state index < -0.39 is 0 Å². The SMILES string of the molecule is CO[C@H]1C[C@@H](C(=O)NCCC2Cc3ccccc3C2)N(C)C1. The first-order valence-corrected chi connectivity index (χ1v) is 8.25. The number of rotatable bonds is 5. The molecule has 1 fully saturated rings. The van der Waals surface area contributed by atoms with E-state index in [1.54, 1.807) is 7.11 Å². The standard InChI is InChI=1S/C18H26N2O2/c1-20-12-16(22-2)11-17(20)18(21)19-8-7-13-9-14-5-3-4-6-15(14)10-13/h3-6,13,16-17H,7-12H2,1-2H3,(H,19,21)/t16-,17-/m0/s1. The molecule has 1 aliphatic heterocycles. The third kappa shape index (κ3) is 3.33. The number of carbonyl (C=O) groups excluding carboxylic acids is 1. The van der Waals surface area contributed by atoms with Crippen LogP contribution in [0.5, 0.6) is 0 Å². The van der Waals surface area contributed by atoms with Gasteiger partial charge in [0.05, 0.1) is 12.1 Å². The third-order valence-electron chi connectivity index (χ3n) is 5.13. The topological polar surface area (TPSA) is 41.6 Å². The second-order valence-electron chi connectivity index (χ2n) is 6.67. The number of benzene rings is 1. The summed E-state index contributed by atoms with van der Waals surface area (Å²) in [4.78, 5) is 14.4. The van der Waals surface area contributed by atoms with Crippen LogP contribution in [0.3, 0.4) is 0 Å². The van der Waals surface area contributed by atoms with Crippen molar-refractivity contribution in [2.75, 3.05) is 27.2 Å². The molecule has 0 spiro atoms. The molecule has 4 heteroatoms. The fourth-order valence-corrected chi connectivity index (χ4v) is 3.80. The largest absolute Gasteiger partial charge is 0.380 e. The number of carbonyl (C=O) groups is 1. The lowest BCUT2D eigenvalue weighted by molar-refractivity contribution is -0.125. The average molecular weight is 302 g/mol. The van der Waals surface area contributed by atoms with Crippen molar-refractivity contribution < 1.29 is 9.53 Å². The second kappa shape index (κ2) is 6.80. The van der Waals surface area contributed by atoms with Gasteiger partial charge in [-0.2, -0.15) is 0 Å². The van der Waals surface area contributed by atoms with Crippen LogP contribution in [0.4, 0.5) is 0 Å². The number of likely N-dealkylation sites (N-methyl/N-ethyl adjacent to an activating group) is 1. The van der Waals surface area contributed by atoms with Crippen molar-refractivity contribution in [2.24, 2.45) is 5.92 Å². The van der Waals surface area contributed by atoms with Crippen LogP contribution in [0.15, 0.2) is 24.3 Å². The summed E-state index contributed by atoms with van der Waals surface area (Å²) in [5.74, 6) is 0.822. The minimum atomic E-state index is -0.0364. The van der Waals surface area contributed by atoms with Crippen LogP contribution < -0.4 is 5.32 Å². The summed E-state index contributed by atoms with van der Waals surface area (Å²) in [6.07, 6.45) is 4.35. The zero-order valence-electron chi connectivity index (χ0n) is 13.5. The average Bonchev–Trinajstić information content (AvgIpc) is 3.09. The normalized spacial score (nSPS) is 25.4. The van der Waals surface area contributed by atoms with Crippen molar-refractivity contribution in [3.05, 3.63) is 35.4 Å². The Morgan fingerprint density at radius 1 is 1.32 bits per heavy atom. The molecule has 120 valence electrons. The highest BCUT2D eigenvalue weighted by atomic mass is 16.5. The molecule has 2 aliphatic rings. The van der Waals surface area contributed by atoms with E-state index in [1.165, 1.54) is 11.1 Å². The molecule has 1 aliphatic carbocycles. The molecule has 0 bridgehead atoms. The zero-order chi connectivity index (χ0) is 15.5. The Kier molecular flexibility index (Phi) is 4.79. The maximum Gasteiger partial charge on any atom is 0.237 e. The smallest absolute Gasteiger partial charge is 0.237 e. The number of likely N-dealkylation sites (tertiary alicyclic amines) is 1. The monoisotopic (exact) mass is 302 g/mol. The highest BCUT2D eigenvalue weighted by Crippen LogP contribution is 2.28. The van der Waals surface area contributed by atoms with Crippen molar-refractivity contribution in [2.45, 2.75) is 37.8 Å². The van der Waals surface area contributed by atoms with Crippen LogP contribution in [0.1, 0.15) is 24.0 Å². The number of methoxy groups -OCH3 is 1. The molecule has 1 saturated heterocycles. The molecule has 0 radical (unpaired) electrons. The Bertz CT molecular complexity index is 507. The van der Waals surface area contributed by atoms with Crippen LogP contribution in [0.25, 0.3) is 0 Å². The molecule has 1 amide bonds. The van der Waals surface area contributed by atoms with Gasteiger partial charge in [-0.25, -0.2) is 0 Å². The summed E-state index contributed by atoms with van der Waals surface area (Å²) in [5.41, 5.74) is 2.97. The van der Waals surface area contributed by atoms with Crippen molar-refractivity contribution in [1.82, 2.24) is 10.2 Å². The zero-order valence-corrected chi connectivity index (χ0v) is 13.5. The summed E-state index contributed by atoms with van der Waals surface area (Å²) in [6, 6.07) is 8.65. The molecule has 0 aromatic heterocycles. The van der Waals surface area contributed by atoms with Crippen LogP contribution in [-0.4, -0.2) is 50.2 Å². The van der Waals surface area contributed by atoms with Crippen molar-refractivity contribution in [3.8, 4) is 0 Å². The van der Waals surface area contributed by atoms with Gasteiger partial charge in [-0.1, -0.05) is 24.3 Å². The third-order valence-corrected chi connectivity index (χ3v) is 5.13. The molecule has 3 rings (SSSR count). The molecule has 2 atom stereocenters. The van der Waals surface area contributed by atoms with Gasteiger partial charge in [0.15, 0.2) is 0 Å². The van der Waals surface area contributed by atoms with E-state index in [9.17, 15) is 4.79 Å².